The zero-order valence-corrected chi connectivity index (χ0v) is 12.1. The molecule has 1 heterocycles. The lowest BCUT2D eigenvalue weighted by atomic mass is 9.43. The molecule has 1 aromatic carbocycles. The van der Waals surface area contributed by atoms with Crippen LogP contribution < -0.4 is 4.74 Å². The number of hydrogen-bond donors (Lipinski definition) is 1. The first-order valence-electron chi connectivity index (χ1n) is 7.83. The number of allylic oxidation sites excluding steroid dienone is 1. The van der Waals surface area contributed by atoms with E-state index < -0.39 is 6.10 Å². The van der Waals surface area contributed by atoms with Crippen LogP contribution >= 0.6 is 0 Å². The normalized spacial score (nSPS) is 41.7. The first-order chi connectivity index (χ1) is 10.1. The molecule has 0 aromatic heterocycles. The first-order valence-corrected chi connectivity index (χ1v) is 7.83. The maximum absolute atomic E-state index is 12.5. The van der Waals surface area contributed by atoms with Gasteiger partial charge in [0, 0.05) is 11.0 Å². The molecule has 4 atom stereocenters. The van der Waals surface area contributed by atoms with Gasteiger partial charge in [0.05, 0.1) is 5.41 Å². The average Bonchev–Trinajstić information content (AvgIpc) is 2.80. The van der Waals surface area contributed by atoms with Gasteiger partial charge in [-0.05, 0) is 42.9 Å². The molecule has 1 aromatic rings. The van der Waals surface area contributed by atoms with Crippen LogP contribution in [-0.4, -0.2) is 17.0 Å². The van der Waals surface area contributed by atoms with Crippen LogP contribution in [0.3, 0.4) is 0 Å². The molecular weight excluding hydrogens is 264 g/mol. The van der Waals surface area contributed by atoms with Crippen LogP contribution in [-0.2, 0) is 16.6 Å². The molecule has 2 unspecified atom stereocenters. The monoisotopic (exact) mass is 282 g/mol. The van der Waals surface area contributed by atoms with E-state index in [1.807, 2.05) is 6.07 Å². The fourth-order valence-electron chi connectivity index (χ4n) is 5.62. The van der Waals surface area contributed by atoms with E-state index in [1.165, 1.54) is 12.0 Å². The summed E-state index contributed by atoms with van der Waals surface area (Å²) in [6.07, 6.45) is 7.75. The van der Waals surface area contributed by atoms with E-state index in [0.717, 1.165) is 24.8 Å². The molecule has 2 bridgehead atoms. The Kier molecular flexibility index (Phi) is 1.89. The number of ether oxygens (including phenoxy) is 1. The Morgan fingerprint density at radius 1 is 1.38 bits per heavy atom. The fraction of sp³-hybridized carbons (Fsp3) is 0.500. The molecule has 0 amide bonds. The molecular formula is C18H18O3. The minimum absolute atomic E-state index is 0.0319. The molecule has 1 spiro atoms. The number of phenols is 1. The van der Waals surface area contributed by atoms with Crippen molar-refractivity contribution >= 4 is 5.78 Å². The number of hydrogen-bond acceptors (Lipinski definition) is 3. The highest BCUT2D eigenvalue weighted by Gasteiger charge is 2.68. The highest BCUT2D eigenvalue weighted by molar-refractivity contribution is 5.98. The number of phenolic OH excluding ortho intramolecular Hbond substituents is 1. The van der Waals surface area contributed by atoms with Crippen molar-refractivity contribution in [2.24, 2.45) is 11.3 Å². The fourth-order valence-corrected chi connectivity index (χ4v) is 5.62. The first kappa shape index (κ1) is 11.8. The van der Waals surface area contributed by atoms with E-state index in [4.69, 9.17) is 4.74 Å². The number of rotatable bonds is 0. The Bertz CT molecular complexity index is 719. The van der Waals surface area contributed by atoms with Crippen molar-refractivity contribution in [1.29, 1.82) is 0 Å². The Balaban J connectivity index is 1.93. The van der Waals surface area contributed by atoms with Crippen molar-refractivity contribution in [2.75, 3.05) is 0 Å². The summed E-state index contributed by atoms with van der Waals surface area (Å²) in [7, 11) is 0. The van der Waals surface area contributed by atoms with Crippen LogP contribution in [0, 0.1) is 11.3 Å². The molecule has 0 radical (unpaired) electrons. The Hall–Kier alpha value is -1.77. The third kappa shape index (κ3) is 1.06. The lowest BCUT2D eigenvalue weighted by Crippen LogP contribution is -2.62. The highest BCUT2D eigenvalue weighted by atomic mass is 16.5. The largest absolute Gasteiger partial charge is 0.504 e. The summed E-state index contributed by atoms with van der Waals surface area (Å²) in [5, 5.41) is 10.2. The van der Waals surface area contributed by atoms with Crippen LogP contribution in [0.1, 0.15) is 37.3 Å². The third-order valence-corrected chi connectivity index (χ3v) is 6.60. The van der Waals surface area contributed by atoms with Gasteiger partial charge in [0.25, 0.3) is 0 Å². The van der Waals surface area contributed by atoms with Crippen molar-refractivity contribution in [1.82, 2.24) is 0 Å². The molecule has 1 N–H and O–H groups in total. The molecule has 5 rings (SSSR count). The Morgan fingerprint density at radius 2 is 2.24 bits per heavy atom. The maximum atomic E-state index is 12.5. The van der Waals surface area contributed by atoms with Gasteiger partial charge in [0.15, 0.2) is 23.4 Å². The van der Waals surface area contributed by atoms with Crippen LogP contribution in [0.5, 0.6) is 11.5 Å². The van der Waals surface area contributed by atoms with Gasteiger partial charge in [0.2, 0.25) is 0 Å². The number of ketones is 1. The predicted molar refractivity (Wildman–Crippen MR) is 77.5 cm³/mol. The molecule has 3 heteroatoms. The van der Waals surface area contributed by atoms with Gasteiger partial charge in [0.1, 0.15) is 0 Å². The van der Waals surface area contributed by atoms with Crippen molar-refractivity contribution < 1.29 is 14.6 Å². The third-order valence-electron chi connectivity index (χ3n) is 6.60. The number of aromatic hydroxyl groups is 1. The van der Waals surface area contributed by atoms with E-state index in [9.17, 15) is 9.90 Å². The second kappa shape index (κ2) is 3.34. The molecule has 0 saturated heterocycles. The quantitative estimate of drug-likeness (QED) is 0.796. The molecule has 3 aliphatic carbocycles. The van der Waals surface area contributed by atoms with Crippen LogP contribution in [0.4, 0.5) is 0 Å². The van der Waals surface area contributed by atoms with E-state index >= 15 is 0 Å². The van der Waals surface area contributed by atoms with Gasteiger partial charge < -0.3 is 9.84 Å². The van der Waals surface area contributed by atoms with E-state index in [0.29, 0.717) is 11.7 Å². The lowest BCUT2D eigenvalue weighted by Gasteiger charge is -2.59. The standard InChI is InChI=1S/C18H18O3/c1-17-8-6-13(20)16-18(17)7-2-3-11(17)9-10-4-5-12(19)15(21-16)14(10)18/h4-6,8,11,16,19H,2-3,7,9H2,1H3/t11-,16+,17?,18?/m1/s1. The lowest BCUT2D eigenvalue weighted by molar-refractivity contribution is -0.130. The van der Waals surface area contributed by atoms with Gasteiger partial charge in [-0.3, -0.25) is 4.79 Å². The summed E-state index contributed by atoms with van der Waals surface area (Å²) >= 11 is 0. The molecule has 21 heavy (non-hydrogen) atoms. The maximum Gasteiger partial charge on any atom is 0.196 e. The number of carbonyl (C=O) groups excluding carboxylic acids is 1. The van der Waals surface area contributed by atoms with Gasteiger partial charge in [-0.25, -0.2) is 0 Å². The molecule has 1 aliphatic heterocycles. The molecule has 3 nitrogen and oxygen atoms in total. The van der Waals surface area contributed by atoms with E-state index in [-0.39, 0.29) is 22.4 Å². The van der Waals surface area contributed by atoms with Gasteiger partial charge in [-0.1, -0.05) is 25.5 Å². The summed E-state index contributed by atoms with van der Waals surface area (Å²) in [4.78, 5) is 12.5. The minimum Gasteiger partial charge on any atom is -0.504 e. The highest BCUT2D eigenvalue weighted by Crippen LogP contribution is 2.69. The SMILES string of the molecule is CC12C=CC(=O)[C@@H]3Oc4c(O)ccc5c4C31CCC[C@@H]2C5. The Morgan fingerprint density at radius 3 is 3.10 bits per heavy atom. The minimum atomic E-state index is -0.447. The van der Waals surface area contributed by atoms with Crippen molar-refractivity contribution in [3.05, 3.63) is 35.4 Å². The van der Waals surface area contributed by atoms with E-state index in [2.05, 4.69) is 13.0 Å². The van der Waals surface area contributed by atoms with Crippen molar-refractivity contribution in [3.8, 4) is 11.5 Å². The van der Waals surface area contributed by atoms with Crippen molar-refractivity contribution in [3.63, 3.8) is 0 Å². The smallest absolute Gasteiger partial charge is 0.196 e. The number of benzene rings is 1. The number of carbonyl (C=O) groups is 1. The van der Waals surface area contributed by atoms with Gasteiger partial charge >= 0.3 is 0 Å². The van der Waals surface area contributed by atoms with Crippen LogP contribution in [0.15, 0.2) is 24.3 Å². The molecule has 1 saturated carbocycles. The van der Waals surface area contributed by atoms with Crippen LogP contribution in [0.25, 0.3) is 0 Å². The molecule has 1 fully saturated rings. The zero-order valence-electron chi connectivity index (χ0n) is 12.1. The summed E-state index contributed by atoms with van der Waals surface area (Å²) in [5.41, 5.74) is 2.11. The summed E-state index contributed by atoms with van der Waals surface area (Å²) < 4.78 is 6.04. The topological polar surface area (TPSA) is 46.5 Å². The summed E-state index contributed by atoms with van der Waals surface area (Å²) in [6, 6.07) is 3.75. The van der Waals surface area contributed by atoms with Gasteiger partial charge in [-0.15, -0.1) is 0 Å². The average molecular weight is 282 g/mol. The second-order valence-corrected chi connectivity index (χ2v) is 7.23. The molecule has 4 aliphatic rings. The second-order valence-electron chi connectivity index (χ2n) is 7.23. The predicted octanol–water partition coefficient (Wildman–Crippen LogP) is 2.89. The molecule has 108 valence electrons. The summed E-state index contributed by atoms with van der Waals surface area (Å²) in [6.45, 7) is 2.29. The van der Waals surface area contributed by atoms with E-state index in [1.54, 1.807) is 12.1 Å². The van der Waals surface area contributed by atoms with Crippen molar-refractivity contribution in [2.45, 2.75) is 44.1 Å². The van der Waals surface area contributed by atoms with Gasteiger partial charge in [-0.2, -0.15) is 0 Å². The zero-order chi connectivity index (χ0) is 14.4. The Labute approximate surface area is 123 Å². The summed E-state index contributed by atoms with van der Waals surface area (Å²) in [5.74, 6) is 1.36. The van der Waals surface area contributed by atoms with Crippen LogP contribution in [0.2, 0.25) is 0 Å².